The van der Waals surface area contributed by atoms with Crippen LogP contribution in [0.25, 0.3) is 0 Å². The Morgan fingerprint density at radius 1 is 1.18 bits per heavy atom. The van der Waals surface area contributed by atoms with Gasteiger partial charge in [0.15, 0.2) is 10.9 Å². The third-order valence-corrected chi connectivity index (χ3v) is 7.83. The zero-order valence-electron chi connectivity index (χ0n) is 19.0. The van der Waals surface area contributed by atoms with Crippen molar-refractivity contribution in [3.63, 3.8) is 0 Å². The van der Waals surface area contributed by atoms with Crippen LogP contribution in [0.5, 0.6) is 0 Å². The van der Waals surface area contributed by atoms with E-state index < -0.39 is 0 Å². The van der Waals surface area contributed by atoms with E-state index in [0.29, 0.717) is 46.0 Å². The van der Waals surface area contributed by atoms with Gasteiger partial charge in [-0.3, -0.25) is 4.79 Å². The highest BCUT2D eigenvalue weighted by molar-refractivity contribution is 7.19. The predicted molar refractivity (Wildman–Crippen MR) is 136 cm³/mol. The first kappa shape index (κ1) is 23.0. The molecule has 0 radical (unpaired) electrons. The molecular weight excluding hydrogens is 472 g/mol. The Morgan fingerprint density at radius 3 is 2.76 bits per heavy atom. The van der Waals surface area contributed by atoms with E-state index in [9.17, 15) is 4.79 Å². The Labute approximate surface area is 207 Å². The maximum Gasteiger partial charge on any atom is 0.248 e. The molecule has 9 nitrogen and oxygen atoms in total. The molecule has 3 aliphatic rings. The number of carbonyl (C=O) groups excluding carboxylic acids is 1. The molecule has 2 aromatic heterocycles. The van der Waals surface area contributed by atoms with Gasteiger partial charge in [-0.25, -0.2) is 15.0 Å². The summed E-state index contributed by atoms with van der Waals surface area (Å²) in [5.74, 6) is 1.72. The summed E-state index contributed by atoms with van der Waals surface area (Å²) < 4.78 is 0.531. The van der Waals surface area contributed by atoms with E-state index in [1.807, 2.05) is 4.90 Å². The number of anilines is 2. The summed E-state index contributed by atoms with van der Waals surface area (Å²) >= 11 is 7.19. The molecule has 1 unspecified atom stereocenters. The minimum atomic E-state index is -0.380. The van der Waals surface area contributed by atoms with Crippen LogP contribution in [-0.4, -0.2) is 39.3 Å². The van der Waals surface area contributed by atoms with Crippen molar-refractivity contribution in [1.82, 2.24) is 15.0 Å². The van der Waals surface area contributed by atoms with Gasteiger partial charge in [0, 0.05) is 17.8 Å². The van der Waals surface area contributed by atoms with E-state index in [1.54, 1.807) is 6.08 Å². The van der Waals surface area contributed by atoms with Crippen molar-refractivity contribution in [2.75, 3.05) is 16.8 Å². The van der Waals surface area contributed by atoms with E-state index >= 15 is 0 Å². The molecule has 2 aliphatic carbocycles. The van der Waals surface area contributed by atoms with Gasteiger partial charge in [-0.2, -0.15) is 4.98 Å². The van der Waals surface area contributed by atoms with Gasteiger partial charge in [0.05, 0.1) is 11.9 Å². The second-order valence-corrected chi connectivity index (χ2v) is 10.8. The van der Waals surface area contributed by atoms with Crippen LogP contribution in [-0.2, 0) is 17.6 Å². The monoisotopic (exact) mass is 500 g/mol. The van der Waals surface area contributed by atoms with Gasteiger partial charge >= 0.3 is 0 Å². The van der Waals surface area contributed by atoms with E-state index in [1.165, 1.54) is 30.4 Å². The second kappa shape index (κ2) is 9.87. The number of allylic oxidation sites excluding steroid dienone is 1. The van der Waals surface area contributed by atoms with Gasteiger partial charge in [-0.1, -0.05) is 35.8 Å². The first-order valence-electron chi connectivity index (χ1n) is 11.9. The minimum Gasteiger partial charge on any atom is -0.402 e. The van der Waals surface area contributed by atoms with E-state index in [4.69, 9.17) is 33.0 Å². The van der Waals surface area contributed by atoms with Crippen LogP contribution < -0.4 is 21.7 Å². The Morgan fingerprint density at radius 2 is 2.00 bits per heavy atom. The molecule has 0 spiro atoms. The number of hydrogen-bond acceptors (Lipinski definition) is 8. The number of rotatable bonds is 6. The number of amidine groups is 1. The van der Waals surface area contributed by atoms with Crippen molar-refractivity contribution in [2.24, 2.45) is 22.4 Å². The maximum atomic E-state index is 13.0. The molecule has 180 valence electrons. The van der Waals surface area contributed by atoms with Crippen molar-refractivity contribution in [3.8, 4) is 0 Å². The average molecular weight is 501 g/mol. The lowest BCUT2D eigenvalue weighted by atomic mass is 10.0. The van der Waals surface area contributed by atoms with Crippen LogP contribution >= 0.6 is 22.9 Å². The van der Waals surface area contributed by atoms with Crippen LogP contribution in [0.15, 0.2) is 23.0 Å². The van der Waals surface area contributed by atoms with Gasteiger partial charge in [-0.15, -0.1) is 0 Å². The Kier molecular flexibility index (Phi) is 6.69. The van der Waals surface area contributed by atoms with Gasteiger partial charge in [0.2, 0.25) is 11.9 Å². The number of thiazole rings is 1. The first-order chi connectivity index (χ1) is 16.5. The van der Waals surface area contributed by atoms with Crippen LogP contribution in [0, 0.1) is 5.92 Å². The molecule has 5 rings (SSSR count). The number of hydrogen-bond donors (Lipinski definition) is 3. The number of aryl methyl sites for hydroxylation is 1. The van der Waals surface area contributed by atoms with Crippen LogP contribution in [0.4, 0.5) is 16.9 Å². The second-order valence-electron chi connectivity index (χ2n) is 9.10. The highest BCUT2D eigenvalue weighted by Crippen LogP contribution is 2.33. The number of nitrogens with zero attached hydrogens (tertiary/aromatic N) is 5. The van der Waals surface area contributed by atoms with Crippen molar-refractivity contribution >= 4 is 51.6 Å². The molecule has 1 aliphatic heterocycles. The smallest absolute Gasteiger partial charge is 0.248 e. The van der Waals surface area contributed by atoms with E-state index in [0.717, 1.165) is 55.5 Å². The third kappa shape index (κ3) is 4.88. The Balaban J connectivity index is 1.40. The molecule has 0 aromatic carbocycles. The largest absolute Gasteiger partial charge is 0.402 e. The highest BCUT2D eigenvalue weighted by Gasteiger charge is 2.34. The number of amides is 1. The summed E-state index contributed by atoms with van der Waals surface area (Å²) in [6, 6.07) is -0.380. The molecule has 3 heterocycles. The lowest BCUT2D eigenvalue weighted by Crippen LogP contribution is -2.40. The summed E-state index contributed by atoms with van der Waals surface area (Å²) in [4.78, 5) is 33.3. The van der Waals surface area contributed by atoms with Gasteiger partial charge in [0.1, 0.15) is 16.2 Å². The van der Waals surface area contributed by atoms with Crippen LogP contribution in [0.3, 0.4) is 0 Å². The molecule has 11 heteroatoms. The molecule has 1 saturated heterocycles. The van der Waals surface area contributed by atoms with Crippen molar-refractivity contribution < 1.29 is 4.79 Å². The highest BCUT2D eigenvalue weighted by atomic mass is 35.5. The molecule has 34 heavy (non-hydrogen) atoms. The first-order valence-corrected chi connectivity index (χ1v) is 13.1. The Bertz CT molecular complexity index is 1140. The average Bonchev–Trinajstić information content (AvgIpc) is 3.60. The number of halogens is 1. The predicted octanol–water partition coefficient (Wildman–Crippen LogP) is 3.70. The quantitative estimate of drug-likeness (QED) is 0.406. The standard InChI is InChI=1S/C23H29ClN8OS/c24-18-12-27-23(34-18)31-21(33)17-9-4-10-32(17)22-28-16-8-3-7-14(16)20(30-22)29-19(26)11-15(25)13-5-1-2-6-13/h11-13,17H,1-10,25H2,(H,27,31,33)(H2,26,28,29,30)/b15-11-. The molecular formula is C23H29ClN8OS. The molecule has 2 aromatic rings. The molecule has 2 fully saturated rings. The lowest BCUT2D eigenvalue weighted by molar-refractivity contribution is -0.117. The number of aromatic nitrogens is 3. The SMILES string of the molecule is NC(/C=C(\N)C1CCCC1)=Nc1nc(N2CCCC2C(=O)Nc2ncc(Cl)s2)nc2c1CCC2. The number of fused-ring (bicyclic) bond motifs is 1. The van der Waals surface area contributed by atoms with E-state index in [-0.39, 0.29) is 11.9 Å². The molecule has 1 atom stereocenters. The normalized spacial score (nSPS) is 21.3. The fourth-order valence-corrected chi connectivity index (χ4v) is 5.92. The minimum absolute atomic E-state index is 0.135. The van der Waals surface area contributed by atoms with Crippen molar-refractivity contribution in [2.45, 2.75) is 63.8 Å². The van der Waals surface area contributed by atoms with Gasteiger partial charge in [0.25, 0.3) is 0 Å². The zero-order valence-corrected chi connectivity index (χ0v) is 20.5. The van der Waals surface area contributed by atoms with Crippen molar-refractivity contribution in [3.05, 3.63) is 33.6 Å². The number of nitrogens with two attached hydrogens (primary N) is 2. The summed E-state index contributed by atoms with van der Waals surface area (Å²) in [5.41, 5.74) is 15.4. The van der Waals surface area contributed by atoms with Crippen LogP contribution in [0.2, 0.25) is 4.34 Å². The summed E-state index contributed by atoms with van der Waals surface area (Å²) in [5, 5.41) is 3.36. The molecule has 0 bridgehead atoms. The molecule has 1 amide bonds. The van der Waals surface area contributed by atoms with Gasteiger partial charge < -0.3 is 21.7 Å². The van der Waals surface area contributed by atoms with E-state index in [2.05, 4.69) is 15.3 Å². The zero-order chi connectivity index (χ0) is 23.7. The lowest BCUT2D eigenvalue weighted by Gasteiger charge is -2.24. The maximum absolute atomic E-state index is 13.0. The summed E-state index contributed by atoms with van der Waals surface area (Å²) in [7, 11) is 0. The number of carbonyl (C=O) groups is 1. The molecule has 5 N–H and O–H groups in total. The van der Waals surface area contributed by atoms with Crippen molar-refractivity contribution in [1.29, 1.82) is 0 Å². The Hall–Kier alpha value is -2.72. The topological polar surface area (TPSA) is 135 Å². The van der Waals surface area contributed by atoms with Gasteiger partial charge in [-0.05, 0) is 56.9 Å². The fourth-order valence-electron chi connectivity index (χ4n) is 5.10. The molecule has 1 saturated carbocycles. The number of nitrogens with one attached hydrogen (secondary N) is 1. The number of aliphatic imine (C=N–C) groups is 1. The van der Waals surface area contributed by atoms with Crippen LogP contribution in [0.1, 0.15) is 56.2 Å². The third-order valence-electron chi connectivity index (χ3n) is 6.80. The fraction of sp³-hybridized carbons (Fsp3) is 0.522. The summed E-state index contributed by atoms with van der Waals surface area (Å²) in [6.45, 7) is 0.697. The summed E-state index contributed by atoms with van der Waals surface area (Å²) in [6.07, 6.45) is 12.3.